The van der Waals surface area contributed by atoms with Crippen molar-refractivity contribution in [2.75, 3.05) is 11.6 Å². The Morgan fingerprint density at radius 1 is 1.38 bits per heavy atom. The highest BCUT2D eigenvalue weighted by molar-refractivity contribution is 7.98. The maximum absolute atomic E-state index is 12.5. The predicted molar refractivity (Wildman–Crippen MR) is 101 cm³/mol. The zero-order chi connectivity index (χ0) is 18.8. The molecule has 0 saturated heterocycles. The fourth-order valence-corrected chi connectivity index (χ4v) is 3.14. The third-order valence-electron chi connectivity index (χ3n) is 3.92. The van der Waals surface area contributed by atoms with Crippen LogP contribution in [0.4, 0.5) is 5.69 Å². The minimum Gasteiger partial charge on any atom is -0.326 e. The quantitative estimate of drug-likeness (QED) is 0.692. The van der Waals surface area contributed by atoms with E-state index in [2.05, 4.69) is 20.4 Å². The summed E-state index contributed by atoms with van der Waals surface area (Å²) in [6.45, 7) is 3.74. The topological polar surface area (TPSA) is 96.0 Å². The van der Waals surface area contributed by atoms with Crippen molar-refractivity contribution in [3.8, 4) is 6.07 Å². The van der Waals surface area contributed by atoms with Gasteiger partial charge in [-0.1, -0.05) is 23.4 Å². The van der Waals surface area contributed by atoms with Gasteiger partial charge >= 0.3 is 0 Å². The van der Waals surface area contributed by atoms with Crippen LogP contribution in [0, 0.1) is 25.2 Å². The van der Waals surface area contributed by atoms with E-state index in [-0.39, 0.29) is 12.3 Å². The molecular weight excluding hydrogens is 372 g/mol. The van der Waals surface area contributed by atoms with Crippen LogP contribution in [0.1, 0.15) is 22.5 Å². The van der Waals surface area contributed by atoms with Gasteiger partial charge in [-0.25, -0.2) is 9.50 Å². The second kappa shape index (κ2) is 7.32. The summed E-state index contributed by atoms with van der Waals surface area (Å²) >= 11 is 7.44. The first-order chi connectivity index (χ1) is 12.4. The van der Waals surface area contributed by atoms with Gasteiger partial charge in [0.05, 0.1) is 17.0 Å². The Balaban J connectivity index is 1.85. The lowest BCUT2D eigenvalue weighted by molar-refractivity contribution is -0.115. The highest BCUT2D eigenvalue weighted by Gasteiger charge is 2.16. The van der Waals surface area contributed by atoms with Gasteiger partial charge in [0.2, 0.25) is 11.1 Å². The van der Waals surface area contributed by atoms with Crippen molar-refractivity contribution in [2.24, 2.45) is 0 Å². The average Bonchev–Trinajstić information content (AvgIpc) is 3.02. The van der Waals surface area contributed by atoms with Gasteiger partial charge in [0.1, 0.15) is 6.07 Å². The summed E-state index contributed by atoms with van der Waals surface area (Å²) < 4.78 is 1.65. The van der Waals surface area contributed by atoms with Crippen LogP contribution in [0.2, 0.25) is 5.02 Å². The SMILES string of the molecule is CSc1nc2nc(C)c(CC(=O)Nc3ccc(C#N)c(Cl)c3)c(C)n2n1. The largest absolute Gasteiger partial charge is 0.326 e. The lowest BCUT2D eigenvalue weighted by Crippen LogP contribution is -2.17. The van der Waals surface area contributed by atoms with E-state index >= 15 is 0 Å². The number of nitrogens with zero attached hydrogens (tertiary/aromatic N) is 5. The summed E-state index contributed by atoms with van der Waals surface area (Å²) in [5.74, 6) is 0.315. The smallest absolute Gasteiger partial charge is 0.253 e. The number of nitrogens with one attached hydrogen (secondary N) is 1. The Labute approximate surface area is 159 Å². The first-order valence-electron chi connectivity index (χ1n) is 7.69. The third kappa shape index (κ3) is 3.49. The number of halogens is 1. The molecule has 0 aliphatic heterocycles. The maximum Gasteiger partial charge on any atom is 0.253 e. The number of fused-ring (bicyclic) bond motifs is 1. The van der Waals surface area contributed by atoms with Gasteiger partial charge in [0.15, 0.2) is 0 Å². The van der Waals surface area contributed by atoms with Crippen molar-refractivity contribution < 1.29 is 4.79 Å². The van der Waals surface area contributed by atoms with Crippen LogP contribution in [0.5, 0.6) is 0 Å². The van der Waals surface area contributed by atoms with Crippen LogP contribution in [0.15, 0.2) is 23.4 Å². The van der Waals surface area contributed by atoms with E-state index in [0.717, 1.165) is 17.0 Å². The lowest BCUT2D eigenvalue weighted by Gasteiger charge is -2.11. The molecule has 26 heavy (non-hydrogen) atoms. The van der Waals surface area contributed by atoms with E-state index in [1.54, 1.807) is 22.7 Å². The summed E-state index contributed by atoms with van der Waals surface area (Å²) in [6.07, 6.45) is 2.04. The second-order valence-electron chi connectivity index (χ2n) is 5.60. The minimum absolute atomic E-state index is 0.146. The Kier molecular flexibility index (Phi) is 5.11. The molecule has 0 atom stereocenters. The number of benzene rings is 1. The van der Waals surface area contributed by atoms with E-state index in [9.17, 15) is 4.79 Å². The van der Waals surface area contributed by atoms with E-state index < -0.39 is 0 Å². The van der Waals surface area contributed by atoms with Crippen molar-refractivity contribution in [1.29, 1.82) is 5.26 Å². The number of amides is 1. The lowest BCUT2D eigenvalue weighted by atomic mass is 10.1. The molecule has 0 bridgehead atoms. The molecular formula is C17H15ClN6OS. The summed E-state index contributed by atoms with van der Waals surface area (Å²) in [5, 5.41) is 17.0. The van der Waals surface area contributed by atoms with E-state index in [0.29, 0.717) is 27.2 Å². The zero-order valence-corrected chi connectivity index (χ0v) is 15.9. The van der Waals surface area contributed by atoms with Crippen LogP contribution in [-0.4, -0.2) is 31.7 Å². The number of anilines is 1. The van der Waals surface area contributed by atoms with Gasteiger partial charge in [-0.3, -0.25) is 4.79 Å². The standard InChI is InChI=1S/C17H15ClN6OS/c1-9-13(10(2)24-16(20-9)22-17(23-24)26-3)7-15(25)21-12-5-4-11(8-19)14(18)6-12/h4-6H,7H2,1-3H3,(H,21,25). The molecule has 2 aromatic heterocycles. The van der Waals surface area contributed by atoms with Crippen LogP contribution in [0.3, 0.4) is 0 Å². The number of aryl methyl sites for hydroxylation is 2. The highest BCUT2D eigenvalue weighted by Crippen LogP contribution is 2.21. The molecule has 0 aliphatic carbocycles. The van der Waals surface area contributed by atoms with Crippen molar-refractivity contribution in [2.45, 2.75) is 25.4 Å². The molecule has 1 N–H and O–H groups in total. The molecule has 3 rings (SSSR count). The van der Waals surface area contributed by atoms with Gasteiger partial charge in [0.25, 0.3) is 5.78 Å². The molecule has 132 valence electrons. The molecule has 7 nitrogen and oxygen atoms in total. The average molecular weight is 387 g/mol. The molecule has 0 radical (unpaired) electrons. The van der Waals surface area contributed by atoms with Crippen molar-refractivity contribution in [3.05, 3.63) is 45.7 Å². The zero-order valence-electron chi connectivity index (χ0n) is 14.4. The first kappa shape index (κ1) is 18.2. The summed E-state index contributed by atoms with van der Waals surface area (Å²) in [5.41, 5.74) is 3.26. The second-order valence-corrected chi connectivity index (χ2v) is 6.78. The number of hydrogen-bond donors (Lipinski definition) is 1. The van der Waals surface area contributed by atoms with Gasteiger partial charge in [-0.2, -0.15) is 10.2 Å². The van der Waals surface area contributed by atoms with Crippen molar-refractivity contribution in [3.63, 3.8) is 0 Å². The molecule has 0 spiro atoms. The number of rotatable bonds is 4. The molecule has 3 aromatic rings. The highest BCUT2D eigenvalue weighted by atomic mass is 35.5. The minimum atomic E-state index is -0.205. The Morgan fingerprint density at radius 3 is 2.81 bits per heavy atom. The van der Waals surface area contributed by atoms with Gasteiger partial charge in [0, 0.05) is 22.6 Å². The molecule has 1 amide bonds. The fourth-order valence-electron chi connectivity index (χ4n) is 2.58. The van der Waals surface area contributed by atoms with Crippen LogP contribution >= 0.6 is 23.4 Å². The van der Waals surface area contributed by atoms with E-state index in [1.807, 2.05) is 26.2 Å². The summed E-state index contributed by atoms with van der Waals surface area (Å²) in [4.78, 5) is 21.2. The first-order valence-corrected chi connectivity index (χ1v) is 9.29. The van der Waals surface area contributed by atoms with Crippen molar-refractivity contribution >= 4 is 40.7 Å². The number of carbonyl (C=O) groups excluding carboxylic acids is 1. The molecule has 0 aliphatic rings. The fraction of sp³-hybridized carbons (Fsp3) is 0.235. The van der Waals surface area contributed by atoms with Gasteiger partial charge in [-0.05, 0) is 38.3 Å². The molecule has 9 heteroatoms. The maximum atomic E-state index is 12.5. The molecule has 2 heterocycles. The number of hydrogen-bond acceptors (Lipinski definition) is 6. The molecule has 0 saturated carbocycles. The normalized spacial score (nSPS) is 10.7. The van der Waals surface area contributed by atoms with E-state index in [4.69, 9.17) is 16.9 Å². The Hall–Kier alpha value is -2.63. The van der Waals surface area contributed by atoms with Gasteiger partial charge < -0.3 is 5.32 Å². The molecule has 0 unspecified atom stereocenters. The van der Waals surface area contributed by atoms with Crippen LogP contribution < -0.4 is 5.32 Å². The van der Waals surface area contributed by atoms with Gasteiger partial charge in [-0.15, -0.1) is 5.10 Å². The summed E-state index contributed by atoms with van der Waals surface area (Å²) in [6, 6.07) is 6.76. The van der Waals surface area contributed by atoms with Crippen molar-refractivity contribution in [1.82, 2.24) is 19.6 Å². The van der Waals surface area contributed by atoms with Crippen LogP contribution in [-0.2, 0) is 11.2 Å². The third-order valence-corrected chi connectivity index (χ3v) is 4.77. The summed E-state index contributed by atoms with van der Waals surface area (Å²) in [7, 11) is 0. The Morgan fingerprint density at radius 2 is 2.15 bits per heavy atom. The predicted octanol–water partition coefficient (Wildman–Crippen LogP) is 3.17. The number of nitriles is 1. The number of carbonyl (C=O) groups is 1. The van der Waals surface area contributed by atoms with E-state index in [1.165, 1.54) is 11.8 Å². The molecule has 0 fully saturated rings. The monoisotopic (exact) mass is 386 g/mol. The van der Waals surface area contributed by atoms with Crippen LogP contribution in [0.25, 0.3) is 5.78 Å². The molecule has 1 aromatic carbocycles. The number of aromatic nitrogens is 4. The number of thioether (sulfide) groups is 1. The Bertz CT molecular complexity index is 1060.